The maximum absolute atomic E-state index is 14.1. The number of nitriles is 1. The van der Waals surface area contributed by atoms with E-state index in [2.05, 4.69) is 4.98 Å². The zero-order valence-corrected chi connectivity index (χ0v) is 18.2. The van der Waals surface area contributed by atoms with E-state index in [1.807, 2.05) is 6.07 Å². The Balaban J connectivity index is 1.94. The molecule has 0 aliphatic carbocycles. The standard InChI is InChI=1S/C22H23ClFN3O4/c1-22(2,3)31-21(28)27-9-10-29-19(14-6-7-16(23)17(24)11-14)18(13-27)30-20-15(12-25)5-4-8-26-20/h4-8,11,18-19H,9-10,13H2,1-3H3. The molecule has 2 unspecified atom stereocenters. The number of nitrogens with zero attached hydrogens (tertiary/aromatic N) is 3. The molecule has 1 fully saturated rings. The number of ether oxygens (including phenoxy) is 3. The smallest absolute Gasteiger partial charge is 0.410 e. The summed E-state index contributed by atoms with van der Waals surface area (Å²) in [7, 11) is 0. The highest BCUT2D eigenvalue weighted by molar-refractivity contribution is 6.30. The van der Waals surface area contributed by atoms with Crippen LogP contribution in [0.5, 0.6) is 5.88 Å². The average molecular weight is 448 g/mol. The number of carbonyl (C=O) groups is 1. The van der Waals surface area contributed by atoms with Crippen LogP contribution in [0.1, 0.15) is 38.0 Å². The Hall–Kier alpha value is -2.89. The van der Waals surface area contributed by atoms with Gasteiger partial charge in [0.15, 0.2) is 0 Å². The summed E-state index contributed by atoms with van der Waals surface area (Å²) in [6, 6.07) is 9.56. The fourth-order valence-corrected chi connectivity index (χ4v) is 3.22. The molecule has 2 heterocycles. The fourth-order valence-electron chi connectivity index (χ4n) is 3.11. The summed E-state index contributed by atoms with van der Waals surface area (Å²) in [5.74, 6) is -0.491. The Kier molecular flexibility index (Phi) is 6.98. The molecule has 164 valence electrons. The molecule has 9 heteroatoms. The van der Waals surface area contributed by atoms with Gasteiger partial charge in [0.05, 0.1) is 18.2 Å². The second kappa shape index (κ2) is 9.50. The molecular formula is C22H23ClFN3O4. The minimum atomic E-state index is -0.780. The number of hydrogen-bond acceptors (Lipinski definition) is 6. The quantitative estimate of drug-likeness (QED) is 0.688. The molecule has 7 nitrogen and oxygen atoms in total. The zero-order chi connectivity index (χ0) is 22.6. The Bertz CT molecular complexity index is 989. The Labute approximate surface area is 185 Å². The molecule has 0 saturated carbocycles. The third kappa shape index (κ3) is 5.84. The summed E-state index contributed by atoms with van der Waals surface area (Å²) >= 11 is 5.82. The van der Waals surface area contributed by atoms with Gasteiger partial charge in [0.2, 0.25) is 5.88 Å². The van der Waals surface area contributed by atoms with Crippen LogP contribution in [-0.4, -0.2) is 47.4 Å². The van der Waals surface area contributed by atoms with Crippen molar-refractivity contribution in [1.82, 2.24) is 9.88 Å². The molecule has 1 aromatic carbocycles. The van der Waals surface area contributed by atoms with Gasteiger partial charge in [0, 0.05) is 12.7 Å². The van der Waals surface area contributed by atoms with Gasteiger partial charge in [0.25, 0.3) is 0 Å². The van der Waals surface area contributed by atoms with Crippen molar-refractivity contribution in [3.05, 3.63) is 58.5 Å². The summed E-state index contributed by atoms with van der Waals surface area (Å²) in [5.41, 5.74) is 0.0536. The number of rotatable bonds is 3. The van der Waals surface area contributed by atoms with Gasteiger partial charge in [-0.15, -0.1) is 0 Å². The zero-order valence-electron chi connectivity index (χ0n) is 17.5. The van der Waals surface area contributed by atoms with Crippen LogP contribution in [0.2, 0.25) is 5.02 Å². The fraction of sp³-hybridized carbons (Fsp3) is 0.409. The maximum atomic E-state index is 14.1. The molecule has 1 aliphatic heterocycles. The van der Waals surface area contributed by atoms with Crippen LogP contribution in [0, 0.1) is 17.1 Å². The number of aromatic nitrogens is 1. The Morgan fingerprint density at radius 1 is 1.39 bits per heavy atom. The predicted octanol–water partition coefficient (Wildman–Crippen LogP) is 4.50. The lowest BCUT2D eigenvalue weighted by Gasteiger charge is -2.30. The number of halogens is 2. The first-order valence-electron chi connectivity index (χ1n) is 9.74. The maximum Gasteiger partial charge on any atom is 0.410 e. The number of hydrogen-bond donors (Lipinski definition) is 0. The molecule has 0 bridgehead atoms. The van der Waals surface area contributed by atoms with E-state index in [-0.39, 0.29) is 36.2 Å². The van der Waals surface area contributed by atoms with E-state index < -0.39 is 29.7 Å². The monoisotopic (exact) mass is 447 g/mol. The van der Waals surface area contributed by atoms with Crippen molar-refractivity contribution >= 4 is 17.7 Å². The number of carbonyl (C=O) groups excluding carboxylic acids is 1. The molecule has 0 radical (unpaired) electrons. The van der Waals surface area contributed by atoms with Crippen LogP contribution < -0.4 is 4.74 Å². The van der Waals surface area contributed by atoms with Gasteiger partial charge in [-0.1, -0.05) is 17.7 Å². The number of amides is 1. The molecule has 3 rings (SSSR count). The van der Waals surface area contributed by atoms with E-state index >= 15 is 0 Å². The van der Waals surface area contributed by atoms with Gasteiger partial charge in [-0.05, 0) is 50.6 Å². The first-order valence-corrected chi connectivity index (χ1v) is 10.1. The van der Waals surface area contributed by atoms with Crippen LogP contribution in [0.4, 0.5) is 9.18 Å². The highest BCUT2D eigenvalue weighted by Gasteiger charge is 2.35. The lowest BCUT2D eigenvalue weighted by molar-refractivity contribution is -0.0123. The van der Waals surface area contributed by atoms with E-state index in [9.17, 15) is 14.4 Å². The SMILES string of the molecule is CC(C)(C)OC(=O)N1CCOC(c2ccc(Cl)c(F)c2)C(Oc2ncccc2C#N)C1. The van der Waals surface area contributed by atoms with E-state index in [0.717, 1.165) is 0 Å². The predicted molar refractivity (Wildman–Crippen MR) is 111 cm³/mol. The van der Waals surface area contributed by atoms with E-state index in [0.29, 0.717) is 5.56 Å². The topological polar surface area (TPSA) is 84.7 Å². The lowest BCUT2D eigenvalue weighted by atomic mass is 10.0. The van der Waals surface area contributed by atoms with Crippen LogP contribution in [0.15, 0.2) is 36.5 Å². The molecule has 1 aromatic heterocycles. The summed E-state index contributed by atoms with van der Waals surface area (Å²) in [5, 5.41) is 9.36. The Morgan fingerprint density at radius 3 is 2.84 bits per heavy atom. The molecule has 1 aliphatic rings. The van der Waals surface area contributed by atoms with Crippen molar-refractivity contribution in [2.75, 3.05) is 19.7 Å². The van der Waals surface area contributed by atoms with E-state index in [1.54, 1.807) is 39.0 Å². The van der Waals surface area contributed by atoms with Crippen molar-refractivity contribution in [3.8, 4) is 11.9 Å². The van der Waals surface area contributed by atoms with Crippen molar-refractivity contribution in [2.45, 2.75) is 38.6 Å². The van der Waals surface area contributed by atoms with Crippen LogP contribution >= 0.6 is 11.6 Å². The number of benzene rings is 1. The summed E-state index contributed by atoms with van der Waals surface area (Å²) in [4.78, 5) is 18.3. The first kappa shape index (κ1) is 22.8. The third-order valence-corrected chi connectivity index (χ3v) is 4.78. The molecule has 1 saturated heterocycles. The van der Waals surface area contributed by atoms with Crippen molar-refractivity contribution in [2.24, 2.45) is 0 Å². The molecule has 0 N–H and O–H groups in total. The second-order valence-corrected chi connectivity index (χ2v) is 8.42. The van der Waals surface area contributed by atoms with Gasteiger partial charge < -0.3 is 19.1 Å². The summed E-state index contributed by atoms with van der Waals surface area (Å²) in [6.07, 6.45) is -0.532. The summed E-state index contributed by atoms with van der Waals surface area (Å²) < 4.78 is 31.6. The third-order valence-electron chi connectivity index (χ3n) is 4.48. The molecule has 1 amide bonds. The second-order valence-electron chi connectivity index (χ2n) is 8.02. The van der Waals surface area contributed by atoms with Gasteiger partial charge in [0.1, 0.15) is 35.3 Å². The molecule has 2 atom stereocenters. The molecule has 2 aromatic rings. The Morgan fingerprint density at radius 2 is 2.16 bits per heavy atom. The van der Waals surface area contributed by atoms with Crippen molar-refractivity contribution in [1.29, 1.82) is 5.26 Å². The van der Waals surface area contributed by atoms with Gasteiger partial charge >= 0.3 is 6.09 Å². The van der Waals surface area contributed by atoms with Crippen LogP contribution in [0.25, 0.3) is 0 Å². The van der Waals surface area contributed by atoms with E-state index in [1.165, 1.54) is 23.2 Å². The normalized spacial score (nSPS) is 19.3. The van der Waals surface area contributed by atoms with Crippen molar-refractivity contribution in [3.63, 3.8) is 0 Å². The van der Waals surface area contributed by atoms with Crippen LogP contribution in [-0.2, 0) is 9.47 Å². The minimum Gasteiger partial charge on any atom is -0.468 e. The van der Waals surface area contributed by atoms with Gasteiger partial charge in [-0.2, -0.15) is 5.26 Å². The summed E-state index contributed by atoms with van der Waals surface area (Å²) in [6.45, 7) is 5.86. The first-order chi connectivity index (χ1) is 14.7. The highest BCUT2D eigenvalue weighted by atomic mass is 35.5. The van der Waals surface area contributed by atoms with Gasteiger partial charge in [-0.3, -0.25) is 0 Å². The molecular weight excluding hydrogens is 425 g/mol. The van der Waals surface area contributed by atoms with Crippen molar-refractivity contribution < 1.29 is 23.4 Å². The molecule has 31 heavy (non-hydrogen) atoms. The molecule has 0 spiro atoms. The van der Waals surface area contributed by atoms with Gasteiger partial charge in [-0.25, -0.2) is 14.2 Å². The largest absolute Gasteiger partial charge is 0.468 e. The van der Waals surface area contributed by atoms with E-state index in [4.69, 9.17) is 25.8 Å². The van der Waals surface area contributed by atoms with Crippen LogP contribution in [0.3, 0.4) is 0 Å². The highest BCUT2D eigenvalue weighted by Crippen LogP contribution is 2.31. The average Bonchev–Trinajstić information content (AvgIpc) is 2.92. The lowest BCUT2D eigenvalue weighted by Crippen LogP contribution is -2.43. The number of pyridine rings is 1. The minimum absolute atomic E-state index is 0.0123.